The molecule has 8 heteroatoms. The van der Waals surface area contributed by atoms with Gasteiger partial charge in [-0.2, -0.15) is 0 Å². The van der Waals surface area contributed by atoms with Crippen LogP contribution in [-0.2, 0) is 4.74 Å². The number of rotatable bonds is 4. The highest BCUT2D eigenvalue weighted by Crippen LogP contribution is 2.05. The second kappa shape index (κ2) is 6.06. The third-order valence-corrected chi connectivity index (χ3v) is 3.50. The van der Waals surface area contributed by atoms with E-state index in [2.05, 4.69) is 15.3 Å². The van der Waals surface area contributed by atoms with Crippen LogP contribution >= 0.6 is 0 Å². The van der Waals surface area contributed by atoms with Gasteiger partial charge in [-0.15, -0.1) is 0 Å². The van der Waals surface area contributed by atoms with Crippen molar-refractivity contribution in [3.05, 3.63) is 34.7 Å². The number of hydrogen-bond acceptors (Lipinski definition) is 6. The second-order valence-corrected chi connectivity index (χ2v) is 4.86. The molecule has 0 amide bonds. The molecule has 0 atom stereocenters. The molecule has 2 heterocycles. The van der Waals surface area contributed by atoms with Gasteiger partial charge in [0, 0.05) is 30.5 Å². The first-order chi connectivity index (χ1) is 10.3. The number of hydrogen-bond donors (Lipinski definition) is 1. The van der Waals surface area contributed by atoms with Crippen LogP contribution in [-0.4, -0.2) is 49.4 Å². The minimum absolute atomic E-state index is 0.0250. The topological polar surface area (TPSA) is 91.3 Å². The van der Waals surface area contributed by atoms with Crippen molar-refractivity contribution in [2.24, 2.45) is 0 Å². The molecule has 3 rings (SSSR count). The maximum absolute atomic E-state index is 12.2. The molecule has 1 fully saturated rings. The first kappa shape index (κ1) is 13.8. The summed E-state index contributed by atoms with van der Waals surface area (Å²) in [6.07, 6.45) is 0. The third-order valence-electron chi connectivity index (χ3n) is 3.50. The van der Waals surface area contributed by atoms with Crippen LogP contribution in [0.15, 0.2) is 24.3 Å². The summed E-state index contributed by atoms with van der Waals surface area (Å²) >= 11 is 0. The van der Waals surface area contributed by atoms with E-state index < -0.39 is 0 Å². The zero-order valence-corrected chi connectivity index (χ0v) is 11.6. The summed E-state index contributed by atoms with van der Waals surface area (Å²) in [5.41, 5.74) is 0.558. The molecule has 1 aromatic heterocycles. The molecule has 0 saturated carbocycles. The lowest BCUT2D eigenvalue weighted by atomic mass is 10.3. The summed E-state index contributed by atoms with van der Waals surface area (Å²) in [4.78, 5) is 2.71. The largest absolute Gasteiger partial charge is 0.739 e. The Labute approximate surface area is 121 Å². The average Bonchev–Trinajstić information content (AvgIpc) is 2.53. The van der Waals surface area contributed by atoms with E-state index in [1.54, 1.807) is 24.3 Å². The van der Waals surface area contributed by atoms with E-state index in [9.17, 15) is 10.4 Å². The number of nitrogens with one attached hydrogen (secondary N) is 1. The van der Waals surface area contributed by atoms with Crippen LogP contribution in [0.3, 0.4) is 0 Å². The summed E-state index contributed by atoms with van der Waals surface area (Å²) in [7, 11) is 0. The van der Waals surface area contributed by atoms with Crippen LogP contribution in [0.5, 0.6) is 0 Å². The van der Waals surface area contributed by atoms with Crippen molar-refractivity contribution in [2.45, 2.75) is 0 Å². The van der Waals surface area contributed by atoms with Crippen molar-refractivity contribution in [1.29, 1.82) is 0 Å². The van der Waals surface area contributed by atoms with Gasteiger partial charge in [0.25, 0.3) is 5.52 Å². The molecule has 0 radical (unpaired) electrons. The van der Waals surface area contributed by atoms with Gasteiger partial charge >= 0.3 is 5.95 Å². The lowest BCUT2D eigenvalue weighted by Crippen LogP contribution is -2.45. The number of benzene rings is 1. The fraction of sp³-hybridized carbons (Fsp3) is 0.462. The summed E-state index contributed by atoms with van der Waals surface area (Å²) in [6, 6.07) is 6.59. The van der Waals surface area contributed by atoms with Gasteiger partial charge in [0.2, 0.25) is 5.10 Å². The minimum atomic E-state index is 0.0250. The highest BCUT2D eigenvalue weighted by Gasteiger charge is 2.19. The van der Waals surface area contributed by atoms with Gasteiger partial charge in [0.15, 0.2) is 5.52 Å². The Kier molecular flexibility index (Phi) is 3.98. The zero-order valence-electron chi connectivity index (χ0n) is 11.6. The first-order valence-electron chi connectivity index (χ1n) is 6.92. The Hall–Kier alpha value is -2.19. The molecule has 8 nitrogen and oxygen atoms in total. The third kappa shape index (κ3) is 2.96. The quantitative estimate of drug-likeness (QED) is 0.588. The number of fused-ring (bicyclic) bond motifs is 1. The zero-order chi connectivity index (χ0) is 14.7. The van der Waals surface area contributed by atoms with Crippen molar-refractivity contribution in [3.63, 3.8) is 0 Å². The van der Waals surface area contributed by atoms with Gasteiger partial charge in [-0.1, -0.05) is 12.1 Å². The molecule has 2 aromatic rings. The molecule has 1 aliphatic heterocycles. The van der Waals surface area contributed by atoms with Crippen molar-refractivity contribution in [2.75, 3.05) is 44.7 Å². The Morgan fingerprint density at radius 2 is 1.90 bits per heavy atom. The number of para-hydroxylation sites is 2. The van der Waals surface area contributed by atoms with Crippen LogP contribution in [0.1, 0.15) is 0 Å². The molecule has 1 aromatic carbocycles. The highest BCUT2D eigenvalue weighted by atomic mass is 16.5. The number of ether oxygens (including phenoxy) is 1. The van der Waals surface area contributed by atoms with Gasteiger partial charge in [-0.05, 0) is 6.07 Å². The SMILES string of the molecule is [O-][n+]1nc(NCCN2CCOCC2)[n+]([O-])c2ccccc21. The summed E-state index contributed by atoms with van der Waals surface area (Å²) in [5, 5.41) is 30.6. The van der Waals surface area contributed by atoms with Crippen molar-refractivity contribution >= 4 is 17.0 Å². The van der Waals surface area contributed by atoms with E-state index in [1.807, 2.05) is 0 Å². The molecule has 21 heavy (non-hydrogen) atoms. The summed E-state index contributed by atoms with van der Waals surface area (Å²) in [5.74, 6) is 0.0250. The predicted molar refractivity (Wildman–Crippen MR) is 75.4 cm³/mol. The summed E-state index contributed by atoms with van der Waals surface area (Å²) in [6.45, 7) is 4.55. The van der Waals surface area contributed by atoms with Crippen LogP contribution in [0.4, 0.5) is 5.95 Å². The predicted octanol–water partition coefficient (Wildman–Crippen LogP) is -0.754. The Morgan fingerprint density at radius 1 is 1.19 bits per heavy atom. The fourth-order valence-corrected chi connectivity index (χ4v) is 2.35. The normalized spacial score (nSPS) is 16.2. The van der Waals surface area contributed by atoms with Gasteiger partial charge in [-0.3, -0.25) is 10.2 Å². The van der Waals surface area contributed by atoms with Gasteiger partial charge in [-0.25, -0.2) is 4.73 Å². The van der Waals surface area contributed by atoms with E-state index in [0.717, 1.165) is 32.8 Å². The Bertz CT molecular complexity index is 630. The van der Waals surface area contributed by atoms with Gasteiger partial charge < -0.3 is 15.2 Å². The molecule has 1 N–H and O–H groups in total. The molecule has 0 unspecified atom stereocenters. The van der Waals surface area contributed by atoms with E-state index in [-0.39, 0.29) is 11.5 Å². The maximum Gasteiger partial charge on any atom is 0.461 e. The Morgan fingerprint density at radius 3 is 2.67 bits per heavy atom. The lowest BCUT2D eigenvalue weighted by molar-refractivity contribution is -0.672. The van der Waals surface area contributed by atoms with E-state index >= 15 is 0 Å². The van der Waals surface area contributed by atoms with E-state index in [4.69, 9.17) is 4.74 Å². The first-order valence-corrected chi connectivity index (χ1v) is 6.92. The van der Waals surface area contributed by atoms with Crippen LogP contribution in [0, 0.1) is 10.4 Å². The molecule has 0 bridgehead atoms. The number of anilines is 1. The molecular formula is C13H17N5O3. The summed E-state index contributed by atoms with van der Waals surface area (Å²) < 4.78 is 5.93. The van der Waals surface area contributed by atoms with E-state index in [0.29, 0.717) is 21.6 Å². The molecule has 0 spiro atoms. The smallest absolute Gasteiger partial charge is 0.461 e. The second-order valence-electron chi connectivity index (χ2n) is 4.86. The molecule has 0 aliphatic carbocycles. The number of morpholine rings is 1. The molecular weight excluding hydrogens is 274 g/mol. The van der Waals surface area contributed by atoms with Crippen LogP contribution in [0.25, 0.3) is 11.0 Å². The van der Waals surface area contributed by atoms with Crippen molar-refractivity contribution in [3.8, 4) is 0 Å². The standard InChI is InChI=1S/C13H17N5O3/c19-17-11-3-1-2-4-12(11)18(20)15-13(17)14-5-6-16-7-9-21-10-8-16/h1-4H,5-10H2,(H,14,15). The fourth-order valence-electron chi connectivity index (χ4n) is 2.35. The number of nitrogens with zero attached hydrogens (tertiary/aromatic N) is 4. The average molecular weight is 291 g/mol. The van der Waals surface area contributed by atoms with Crippen LogP contribution in [0.2, 0.25) is 0 Å². The van der Waals surface area contributed by atoms with Crippen molar-refractivity contribution < 1.29 is 14.3 Å². The van der Waals surface area contributed by atoms with Crippen molar-refractivity contribution in [1.82, 2.24) is 10.00 Å². The molecule has 1 saturated heterocycles. The number of aromatic nitrogens is 3. The molecule has 112 valence electrons. The maximum atomic E-state index is 12.2. The Balaban J connectivity index is 1.70. The molecule has 1 aliphatic rings. The lowest BCUT2D eigenvalue weighted by Gasteiger charge is -2.25. The van der Waals surface area contributed by atoms with E-state index in [1.165, 1.54) is 0 Å². The van der Waals surface area contributed by atoms with Crippen LogP contribution < -0.4 is 14.9 Å². The minimum Gasteiger partial charge on any atom is -0.739 e. The highest BCUT2D eigenvalue weighted by molar-refractivity contribution is 5.67. The van der Waals surface area contributed by atoms with Gasteiger partial charge in [0.05, 0.1) is 19.8 Å². The van der Waals surface area contributed by atoms with Gasteiger partial charge in [0.1, 0.15) is 0 Å². The monoisotopic (exact) mass is 291 g/mol.